The normalized spacial score (nSPS) is 17.3. The number of rotatable bonds is 5. The molecule has 9 heteroatoms. The van der Waals surface area contributed by atoms with E-state index in [1.165, 1.54) is 4.31 Å². The summed E-state index contributed by atoms with van der Waals surface area (Å²) in [4.78, 5) is 24.6. The summed E-state index contributed by atoms with van der Waals surface area (Å²) in [5.41, 5.74) is 1.77. The molecule has 1 aliphatic heterocycles. The number of hydrogen-bond acceptors (Lipinski definition) is 4. The number of nitrogens with one attached hydrogen (secondary N) is 3. The molecule has 2 aromatic carbocycles. The van der Waals surface area contributed by atoms with E-state index in [0.717, 1.165) is 19.1 Å². The minimum atomic E-state index is -3.44. The van der Waals surface area contributed by atoms with E-state index in [-0.39, 0.29) is 11.9 Å². The van der Waals surface area contributed by atoms with Gasteiger partial charge in [-0.2, -0.15) is 4.31 Å². The summed E-state index contributed by atoms with van der Waals surface area (Å²) in [6, 6.07) is 14.6. The van der Waals surface area contributed by atoms with Crippen LogP contribution in [0.4, 0.5) is 21.9 Å². The highest BCUT2D eigenvalue weighted by Gasteiger charge is 2.34. The van der Waals surface area contributed by atoms with E-state index >= 15 is 0 Å². The van der Waals surface area contributed by atoms with Crippen LogP contribution in [0.2, 0.25) is 0 Å². The lowest BCUT2D eigenvalue weighted by molar-refractivity contribution is -0.120. The molecule has 2 aromatic rings. The maximum atomic E-state index is 12.6. The summed E-state index contributed by atoms with van der Waals surface area (Å²) < 4.78 is 25.1. The molecule has 154 valence electrons. The highest BCUT2D eigenvalue weighted by atomic mass is 32.2. The van der Waals surface area contributed by atoms with E-state index in [1.54, 1.807) is 36.4 Å². The second-order valence-electron chi connectivity index (χ2n) is 6.90. The summed E-state index contributed by atoms with van der Waals surface area (Å²) in [7, 11) is -3.44. The number of sulfonamides is 1. The van der Waals surface area contributed by atoms with Gasteiger partial charge in [0.2, 0.25) is 15.9 Å². The van der Waals surface area contributed by atoms with E-state index in [9.17, 15) is 18.0 Å². The molecule has 29 heavy (non-hydrogen) atoms. The predicted molar refractivity (Wildman–Crippen MR) is 113 cm³/mol. The van der Waals surface area contributed by atoms with Crippen molar-refractivity contribution in [2.45, 2.75) is 25.3 Å². The van der Waals surface area contributed by atoms with Gasteiger partial charge >= 0.3 is 6.03 Å². The Hall–Kier alpha value is -2.91. The lowest BCUT2D eigenvalue weighted by Crippen LogP contribution is -2.49. The van der Waals surface area contributed by atoms with Gasteiger partial charge in [-0.05, 0) is 49.2 Å². The van der Waals surface area contributed by atoms with Crippen LogP contribution in [0.25, 0.3) is 0 Å². The zero-order valence-electron chi connectivity index (χ0n) is 16.1. The number of para-hydroxylation sites is 1. The molecule has 1 heterocycles. The van der Waals surface area contributed by atoms with Crippen LogP contribution in [0.1, 0.15) is 19.3 Å². The minimum absolute atomic E-state index is 0.349. The molecule has 0 spiro atoms. The summed E-state index contributed by atoms with van der Waals surface area (Å²) in [5.74, 6) is -0.349. The second kappa shape index (κ2) is 9.06. The van der Waals surface area contributed by atoms with Crippen LogP contribution in [0.3, 0.4) is 0 Å². The number of piperidine rings is 1. The van der Waals surface area contributed by atoms with Gasteiger partial charge < -0.3 is 16.0 Å². The largest absolute Gasteiger partial charge is 0.325 e. The van der Waals surface area contributed by atoms with E-state index in [1.807, 2.05) is 18.2 Å². The number of nitrogens with zero attached hydrogens (tertiary/aromatic N) is 1. The van der Waals surface area contributed by atoms with Crippen molar-refractivity contribution < 1.29 is 18.0 Å². The molecule has 3 rings (SSSR count). The van der Waals surface area contributed by atoms with Crippen LogP contribution < -0.4 is 16.0 Å². The maximum absolute atomic E-state index is 12.6. The standard InChI is InChI=1S/C20H24N4O4S/c1-29(27,28)24-14-6-5-9-18(24)19(25)21-16-10-12-17(13-11-16)23-20(26)22-15-7-3-2-4-8-15/h2-4,7-8,10-13,18H,5-6,9,14H2,1H3,(H,21,25)(H2,22,23,26). The van der Waals surface area contributed by atoms with Crippen molar-refractivity contribution in [3.05, 3.63) is 54.6 Å². The topological polar surface area (TPSA) is 108 Å². The molecule has 1 atom stereocenters. The van der Waals surface area contributed by atoms with Crippen molar-refractivity contribution in [1.29, 1.82) is 0 Å². The molecule has 1 unspecified atom stereocenters. The molecule has 1 saturated heterocycles. The van der Waals surface area contributed by atoms with Crippen molar-refractivity contribution in [2.24, 2.45) is 0 Å². The van der Waals surface area contributed by atoms with Crippen molar-refractivity contribution in [3.63, 3.8) is 0 Å². The van der Waals surface area contributed by atoms with Crippen molar-refractivity contribution >= 4 is 39.0 Å². The monoisotopic (exact) mass is 416 g/mol. The van der Waals surface area contributed by atoms with Crippen molar-refractivity contribution in [2.75, 3.05) is 28.8 Å². The third-order valence-electron chi connectivity index (χ3n) is 4.62. The van der Waals surface area contributed by atoms with Gasteiger partial charge in [0.1, 0.15) is 6.04 Å². The number of hydrogen-bond donors (Lipinski definition) is 3. The highest BCUT2D eigenvalue weighted by molar-refractivity contribution is 7.88. The molecule has 1 aliphatic rings. The van der Waals surface area contributed by atoms with Gasteiger partial charge in [-0.3, -0.25) is 4.79 Å². The quantitative estimate of drug-likeness (QED) is 0.696. The highest BCUT2D eigenvalue weighted by Crippen LogP contribution is 2.22. The molecular weight excluding hydrogens is 392 g/mol. The number of carbonyl (C=O) groups excluding carboxylic acids is 2. The fourth-order valence-electron chi connectivity index (χ4n) is 3.24. The molecule has 1 fully saturated rings. The average molecular weight is 417 g/mol. The van der Waals surface area contributed by atoms with Gasteiger partial charge in [0, 0.05) is 23.6 Å². The molecular formula is C20H24N4O4S. The van der Waals surface area contributed by atoms with E-state index in [2.05, 4.69) is 16.0 Å². The Morgan fingerprint density at radius 3 is 2.00 bits per heavy atom. The fourth-order valence-corrected chi connectivity index (χ4v) is 4.37. The summed E-state index contributed by atoms with van der Waals surface area (Å²) in [6.07, 6.45) is 3.18. The van der Waals surface area contributed by atoms with Gasteiger partial charge in [-0.25, -0.2) is 13.2 Å². The summed E-state index contributed by atoms with van der Waals surface area (Å²) >= 11 is 0. The first kappa shape index (κ1) is 20.8. The Morgan fingerprint density at radius 2 is 1.41 bits per heavy atom. The van der Waals surface area contributed by atoms with Crippen LogP contribution in [0, 0.1) is 0 Å². The minimum Gasteiger partial charge on any atom is -0.325 e. The van der Waals surface area contributed by atoms with Gasteiger partial charge in [-0.1, -0.05) is 24.6 Å². The Balaban J connectivity index is 1.58. The van der Waals surface area contributed by atoms with Crippen LogP contribution in [-0.4, -0.2) is 43.5 Å². The zero-order valence-corrected chi connectivity index (χ0v) is 16.9. The Labute approximate surface area is 170 Å². The second-order valence-corrected chi connectivity index (χ2v) is 8.83. The zero-order chi connectivity index (χ0) is 20.9. The first-order valence-electron chi connectivity index (χ1n) is 9.34. The lowest BCUT2D eigenvalue weighted by Gasteiger charge is -2.32. The predicted octanol–water partition coefficient (Wildman–Crippen LogP) is 3.08. The first-order chi connectivity index (χ1) is 13.8. The number of urea groups is 1. The van der Waals surface area contributed by atoms with Crippen LogP contribution in [-0.2, 0) is 14.8 Å². The molecule has 0 aliphatic carbocycles. The van der Waals surface area contributed by atoms with Crippen LogP contribution in [0.5, 0.6) is 0 Å². The number of amides is 3. The fraction of sp³-hybridized carbons (Fsp3) is 0.300. The van der Waals surface area contributed by atoms with E-state index < -0.39 is 16.1 Å². The molecule has 3 amide bonds. The van der Waals surface area contributed by atoms with Gasteiger partial charge in [-0.15, -0.1) is 0 Å². The van der Waals surface area contributed by atoms with Gasteiger partial charge in [0.05, 0.1) is 6.26 Å². The SMILES string of the molecule is CS(=O)(=O)N1CCCCC1C(=O)Nc1ccc(NC(=O)Nc2ccccc2)cc1. The van der Waals surface area contributed by atoms with E-state index in [4.69, 9.17) is 0 Å². The number of anilines is 3. The van der Waals surface area contributed by atoms with Crippen LogP contribution in [0.15, 0.2) is 54.6 Å². The molecule has 0 aromatic heterocycles. The molecule has 0 radical (unpaired) electrons. The smallest absolute Gasteiger partial charge is 0.323 e. The molecule has 8 nitrogen and oxygen atoms in total. The molecule has 3 N–H and O–H groups in total. The maximum Gasteiger partial charge on any atom is 0.323 e. The van der Waals surface area contributed by atoms with Gasteiger partial charge in [0.15, 0.2) is 0 Å². The van der Waals surface area contributed by atoms with Gasteiger partial charge in [0.25, 0.3) is 0 Å². The third kappa shape index (κ3) is 5.78. The Morgan fingerprint density at radius 1 is 0.862 bits per heavy atom. The Bertz CT molecular complexity index is 962. The first-order valence-corrected chi connectivity index (χ1v) is 11.2. The summed E-state index contributed by atoms with van der Waals surface area (Å²) in [6.45, 7) is 0.357. The number of carbonyl (C=O) groups is 2. The van der Waals surface area contributed by atoms with Crippen molar-refractivity contribution in [1.82, 2.24) is 4.31 Å². The van der Waals surface area contributed by atoms with Crippen LogP contribution >= 0.6 is 0 Å². The lowest BCUT2D eigenvalue weighted by atomic mass is 10.0. The van der Waals surface area contributed by atoms with E-state index in [0.29, 0.717) is 30.0 Å². The molecule has 0 bridgehead atoms. The average Bonchev–Trinajstić information content (AvgIpc) is 2.69. The third-order valence-corrected chi connectivity index (χ3v) is 5.91. The Kier molecular flexibility index (Phi) is 6.50. The number of benzene rings is 2. The van der Waals surface area contributed by atoms with Crippen molar-refractivity contribution in [3.8, 4) is 0 Å². The summed E-state index contributed by atoms with van der Waals surface area (Å²) in [5, 5.41) is 8.19. The molecule has 0 saturated carbocycles.